The highest BCUT2D eigenvalue weighted by Crippen LogP contribution is 2.37. The Morgan fingerprint density at radius 3 is 2.62 bits per heavy atom. The van der Waals surface area contributed by atoms with E-state index in [9.17, 15) is 14.3 Å². The first kappa shape index (κ1) is 15.8. The van der Waals surface area contributed by atoms with Crippen molar-refractivity contribution in [2.45, 2.75) is 39.8 Å². The summed E-state index contributed by atoms with van der Waals surface area (Å²) in [4.78, 5) is 13.1. The zero-order chi connectivity index (χ0) is 15.8. The number of rotatable bonds is 1. The zero-order valence-electron chi connectivity index (χ0n) is 13.0. The van der Waals surface area contributed by atoms with Crippen LogP contribution in [0.15, 0.2) is 18.2 Å². The van der Waals surface area contributed by atoms with Crippen LogP contribution >= 0.6 is 0 Å². The van der Waals surface area contributed by atoms with Gasteiger partial charge in [-0.1, -0.05) is 26.8 Å². The number of carbonyl (C=O) groups is 1. The predicted octanol–water partition coefficient (Wildman–Crippen LogP) is 3.17. The fraction of sp³-hybridized carbons (Fsp3) is 0.562. The van der Waals surface area contributed by atoms with Crippen LogP contribution in [0.4, 0.5) is 9.18 Å². The van der Waals surface area contributed by atoms with Crippen LogP contribution in [0.1, 0.15) is 37.9 Å². The van der Waals surface area contributed by atoms with Gasteiger partial charge in [0.15, 0.2) is 0 Å². The second kappa shape index (κ2) is 5.64. The van der Waals surface area contributed by atoms with Crippen LogP contribution in [-0.2, 0) is 0 Å². The normalized spacial score (nSPS) is 23.2. The van der Waals surface area contributed by atoms with Crippen molar-refractivity contribution in [2.75, 3.05) is 13.1 Å². The molecule has 2 rings (SSSR count). The number of carboxylic acid groups (broad SMARTS) is 1. The molecule has 0 radical (unpaired) electrons. The van der Waals surface area contributed by atoms with E-state index in [1.54, 1.807) is 6.07 Å². The molecule has 1 heterocycles. The Morgan fingerprint density at radius 1 is 1.43 bits per heavy atom. The average Bonchev–Trinajstić information content (AvgIpc) is 2.36. The van der Waals surface area contributed by atoms with Gasteiger partial charge in [-0.25, -0.2) is 9.18 Å². The highest BCUT2D eigenvalue weighted by molar-refractivity contribution is 5.66. The minimum Gasteiger partial charge on any atom is -0.465 e. The minimum absolute atomic E-state index is 0.129. The summed E-state index contributed by atoms with van der Waals surface area (Å²) in [6.45, 7) is 9.03. The molecular weight excluding hydrogens is 271 g/mol. The molecule has 2 N–H and O–H groups in total. The largest absolute Gasteiger partial charge is 0.465 e. The van der Waals surface area contributed by atoms with Gasteiger partial charge in [0, 0.05) is 13.1 Å². The average molecular weight is 294 g/mol. The van der Waals surface area contributed by atoms with Crippen molar-refractivity contribution < 1.29 is 14.3 Å². The Bertz CT molecular complexity index is 540. The van der Waals surface area contributed by atoms with E-state index in [0.717, 1.165) is 11.1 Å². The lowest BCUT2D eigenvalue weighted by Crippen LogP contribution is -2.59. The molecule has 0 aliphatic carbocycles. The van der Waals surface area contributed by atoms with E-state index in [1.807, 2.05) is 27.7 Å². The summed E-state index contributed by atoms with van der Waals surface area (Å²) in [5.74, 6) is -0.269. The molecule has 1 aromatic carbocycles. The summed E-state index contributed by atoms with van der Waals surface area (Å²) in [6.07, 6.45) is -0.902. The molecule has 0 spiro atoms. The van der Waals surface area contributed by atoms with Crippen molar-refractivity contribution in [2.24, 2.45) is 5.41 Å². The van der Waals surface area contributed by atoms with Crippen molar-refractivity contribution in [3.8, 4) is 0 Å². The summed E-state index contributed by atoms with van der Waals surface area (Å²) in [7, 11) is 0. The number of hydrogen-bond donors (Lipinski definition) is 2. The zero-order valence-corrected chi connectivity index (χ0v) is 13.0. The van der Waals surface area contributed by atoms with Gasteiger partial charge in [-0.3, -0.25) is 0 Å². The second-order valence-corrected chi connectivity index (χ2v) is 6.72. The SMILES string of the molecule is Cc1cc(F)ccc1C1NCCN(C(=O)O)[C@H]1C(C)(C)C. The summed E-state index contributed by atoms with van der Waals surface area (Å²) in [5.41, 5.74) is 1.58. The van der Waals surface area contributed by atoms with Crippen molar-refractivity contribution in [3.05, 3.63) is 35.1 Å². The summed E-state index contributed by atoms with van der Waals surface area (Å²) in [5, 5.41) is 12.9. The third-order valence-corrected chi connectivity index (χ3v) is 4.07. The van der Waals surface area contributed by atoms with Crippen molar-refractivity contribution >= 4 is 6.09 Å². The molecule has 1 fully saturated rings. The van der Waals surface area contributed by atoms with E-state index in [2.05, 4.69) is 5.32 Å². The Hall–Kier alpha value is -1.62. The van der Waals surface area contributed by atoms with Gasteiger partial charge in [0.1, 0.15) is 5.82 Å². The van der Waals surface area contributed by atoms with Gasteiger partial charge in [0.2, 0.25) is 0 Å². The molecule has 1 unspecified atom stereocenters. The summed E-state index contributed by atoms with van der Waals surface area (Å²) < 4.78 is 13.3. The maximum absolute atomic E-state index is 13.3. The van der Waals surface area contributed by atoms with Gasteiger partial charge >= 0.3 is 6.09 Å². The van der Waals surface area contributed by atoms with Crippen LogP contribution in [0.3, 0.4) is 0 Å². The fourth-order valence-corrected chi connectivity index (χ4v) is 3.22. The predicted molar refractivity (Wildman–Crippen MR) is 79.9 cm³/mol. The Balaban J connectivity index is 2.46. The molecule has 21 heavy (non-hydrogen) atoms. The molecule has 1 aliphatic rings. The Morgan fingerprint density at radius 2 is 2.10 bits per heavy atom. The number of halogens is 1. The molecular formula is C16H23FN2O2. The third kappa shape index (κ3) is 3.18. The van der Waals surface area contributed by atoms with Crippen LogP contribution in [0.2, 0.25) is 0 Å². The van der Waals surface area contributed by atoms with Gasteiger partial charge in [-0.15, -0.1) is 0 Å². The molecule has 2 atom stereocenters. The van der Waals surface area contributed by atoms with Gasteiger partial charge in [0.25, 0.3) is 0 Å². The van der Waals surface area contributed by atoms with E-state index in [4.69, 9.17) is 0 Å². The van der Waals surface area contributed by atoms with Gasteiger partial charge in [-0.2, -0.15) is 0 Å². The molecule has 5 heteroatoms. The molecule has 1 amide bonds. The Labute approximate surface area is 125 Å². The maximum Gasteiger partial charge on any atom is 0.407 e. The maximum atomic E-state index is 13.3. The first-order valence-corrected chi connectivity index (χ1v) is 7.21. The lowest BCUT2D eigenvalue weighted by Gasteiger charge is -2.47. The number of benzene rings is 1. The van der Waals surface area contributed by atoms with E-state index >= 15 is 0 Å². The van der Waals surface area contributed by atoms with Crippen LogP contribution in [0.25, 0.3) is 0 Å². The first-order valence-electron chi connectivity index (χ1n) is 7.21. The Kier molecular flexibility index (Phi) is 4.23. The van der Waals surface area contributed by atoms with Gasteiger partial charge in [-0.05, 0) is 35.6 Å². The quantitative estimate of drug-likeness (QED) is 0.836. The van der Waals surface area contributed by atoms with E-state index in [0.29, 0.717) is 13.1 Å². The van der Waals surface area contributed by atoms with Crippen molar-refractivity contribution in [3.63, 3.8) is 0 Å². The number of piperazine rings is 1. The van der Waals surface area contributed by atoms with Crippen LogP contribution in [0.5, 0.6) is 0 Å². The molecule has 116 valence electrons. The molecule has 1 aliphatic heterocycles. The highest BCUT2D eigenvalue weighted by atomic mass is 19.1. The summed E-state index contributed by atoms with van der Waals surface area (Å²) >= 11 is 0. The van der Waals surface area contributed by atoms with Crippen molar-refractivity contribution in [1.82, 2.24) is 10.2 Å². The molecule has 1 saturated heterocycles. The third-order valence-electron chi connectivity index (χ3n) is 4.07. The van der Waals surface area contributed by atoms with E-state index < -0.39 is 6.09 Å². The van der Waals surface area contributed by atoms with Crippen LogP contribution in [-0.4, -0.2) is 35.2 Å². The lowest BCUT2D eigenvalue weighted by molar-refractivity contribution is 0.0408. The molecule has 1 aromatic rings. The topological polar surface area (TPSA) is 52.6 Å². The molecule has 0 bridgehead atoms. The van der Waals surface area contributed by atoms with Gasteiger partial charge < -0.3 is 15.3 Å². The molecule has 0 saturated carbocycles. The van der Waals surface area contributed by atoms with Crippen LogP contribution < -0.4 is 5.32 Å². The lowest BCUT2D eigenvalue weighted by atomic mass is 9.77. The van der Waals surface area contributed by atoms with Crippen LogP contribution in [0, 0.1) is 18.2 Å². The van der Waals surface area contributed by atoms with E-state index in [1.165, 1.54) is 17.0 Å². The fourth-order valence-electron chi connectivity index (χ4n) is 3.22. The summed E-state index contributed by atoms with van der Waals surface area (Å²) in [6, 6.07) is 4.36. The highest BCUT2D eigenvalue weighted by Gasteiger charge is 2.42. The monoisotopic (exact) mass is 294 g/mol. The molecule has 4 nitrogen and oxygen atoms in total. The minimum atomic E-state index is -0.902. The van der Waals surface area contributed by atoms with Crippen molar-refractivity contribution in [1.29, 1.82) is 0 Å². The number of nitrogens with one attached hydrogen (secondary N) is 1. The number of amides is 1. The number of aryl methyl sites for hydroxylation is 1. The van der Waals surface area contributed by atoms with Gasteiger partial charge in [0.05, 0.1) is 12.1 Å². The smallest absolute Gasteiger partial charge is 0.407 e. The van der Waals surface area contributed by atoms with E-state index in [-0.39, 0.29) is 23.3 Å². The second-order valence-electron chi connectivity index (χ2n) is 6.72. The number of nitrogens with zero attached hydrogens (tertiary/aromatic N) is 1. The first-order chi connectivity index (χ1) is 9.71. The standard InChI is InChI=1S/C16H23FN2O2/c1-10-9-11(17)5-6-12(10)13-14(16(2,3)4)19(15(20)21)8-7-18-13/h5-6,9,13-14,18H,7-8H2,1-4H3,(H,20,21)/t13?,14-/m1/s1. The molecule has 0 aromatic heterocycles. The number of hydrogen-bond acceptors (Lipinski definition) is 2.